The van der Waals surface area contributed by atoms with Crippen LogP contribution < -0.4 is 0 Å². The zero-order valence-electron chi connectivity index (χ0n) is 25.5. The van der Waals surface area contributed by atoms with Crippen LogP contribution in [0.15, 0.2) is 170 Å². The van der Waals surface area contributed by atoms with Gasteiger partial charge in [0.25, 0.3) is 0 Å². The van der Waals surface area contributed by atoms with Crippen LogP contribution in [0.1, 0.15) is 0 Å². The number of hydrogen-bond donors (Lipinski definition) is 0. The first-order valence-electron chi connectivity index (χ1n) is 15.8. The average Bonchev–Trinajstić information content (AvgIpc) is 3.51. The van der Waals surface area contributed by atoms with Gasteiger partial charge in [0.2, 0.25) is 0 Å². The smallest absolute Gasteiger partial charge is 0.160 e. The normalized spacial score (nSPS) is 11.4. The molecule has 9 rings (SSSR count). The maximum absolute atomic E-state index is 5.24. The minimum atomic E-state index is 0.703. The molecule has 0 aliphatic heterocycles. The highest BCUT2D eigenvalue weighted by atomic mass is 15.0. The molecule has 0 saturated heterocycles. The quantitative estimate of drug-likeness (QED) is 0.197. The fourth-order valence-corrected chi connectivity index (χ4v) is 6.63. The predicted molar refractivity (Wildman–Crippen MR) is 193 cm³/mol. The van der Waals surface area contributed by atoms with Gasteiger partial charge in [0.05, 0.1) is 33.6 Å². The minimum absolute atomic E-state index is 0.703. The molecule has 0 aliphatic rings. The van der Waals surface area contributed by atoms with Gasteiger partial charge in [0.1, 0.15) is 0 Å². The van der Waals surface area contributed by atoms with Crippen molar-refractivity contribution in [1.82, 2.24) is 19.5 Å². The summed E-state index contributed by atoms with van der Waals surface area (Å²) in [5.41, 5.74) is 11.2. The third-order valence-corrected chi connectivity index (χ3v) is 8.78. The van der Waals surface area contributed by atoms with Crippen LogP contribution in [-0.2, 0) is 0 Å². The van der Waals surface area contributed by atoms with Crippen LogP contribution in [0.5, 0.6) is 0 Å². The highest BCUT2D eigenvalue weighted by Gasteiger charge is 2.21. The highest BCUT2D eigenvalue weighted by molar-refractivity contribution is 6.22. The summed E-state index contributed by atoms with van der Waals surface area (Å²) in [6.07, 6.45) is 0. The van der Waals surface area contributed by atoms with Crippen molar-refractivity contribution in [3.05, 3.63) is 170 Å². The Hall–Kier alpha value is -6.39. The van der Waals surface area contributed by atoms with Gasteiger partial charge in [-0.2, -0.15) is 0 Å². The predicted octanol–water partition coefficient (Wildman–Crippen LogP) is 10.8. The molecular weight excluding hydrogens is 573 g/mol. The maximum Gasteiger partial charge on any atom is 0.160 e. The number of benzene rings is 6. The van der Waals surface area contributed by atoms with Crippen molar-refractivity contribution >= 4 is 32.7 Å². The van der Waals surface area contributed by atoms with E-state index in [4.69, 9.17) is 15.0 Å². The van der Waals surface area contributed by atoms with Crippen molar-refractivity contribution in [3.8, 4) is 50.8 Å². The van der Waals surface area contributed by atoms with E-state index in [1.165, 1.54) is 5.39 Å². The Balaban J connectivity index is 1.32. The van der Waals surface area contributed by atoms with E-state index in [-0.39, 0.29) is 0 Å². The largest absolute Gasteiger partial charge is 0.308 e. The van der Waals surface area contributed by atoms with E-state index in [0.29, 0.717) is 5.82 Å². The molecule has 0 saturated carbocycles. The number of pyridine rings is 1. The molecule has 4 heteroatoms. The fraction of sp³-hybridized carbons (Fsp3) is 0. The van der Waals surface area contributed by atoms with Gasteiger partial charge in [-0.25, -0.2) is 15.0 Å². The number of nitrogens with zero attached hydrogens (tertiary/aromatic N) is 4. The van der Waals surface area contributed by atoms with Crippen molar-refractivity contribution in [2.24, 2.45) is 0 Å². The molecule has 220 valence electrons. The lowest BCUT2D eigenvalue weighted by Gasteiger charge is -2.14. The molecule has 6 aromatic carbocycles. The first kappa shape index (κ1) is 27.0. The molecule has 0 unspecified atom stereocenters. The van der Waals surface area contributed by atoms with Gasteiger partial charge < -0.3 is 4.57 Å². The molecule has 0 fully saturated rings. The number of rotatable bonds is 5. The van der Waals surface area contributed by atoms with Crippen LogP contribution in [0, 0.1) is 0 Å². The van der Waals surface area contributed by atoms with E-state index < -0.39 is 0 Å². The summed E-state index contributed by atoms with van der Waals surface area (Å²) in [5, 5.41) is 3.43. The van der Waals surface area contributed by atoms with E-state index in [9.17, 15) is 0 Å². The summed E-state index contributed by atoms with van der Waals surface area (Å²) in [4.78, 5) is 15.4. The third kappa shape index (κ3) is 4.66. The Labute approximate surface area is 272 Å². The molecule has 0 aliphatic carbocycles. The van der Waals surface area contributed by atoms with Gasteiger partial charge in [-0.3, -0.25) is 0 Å². The van der Waals surface area contributed by atoms with Gasteiger partial charge in [0.15, 0.2) is 5.82 Å². The summed E-state index contributed by atoms with van der Waals surface area (Å²) in [6, 6.07) is 58.9. The van der Waals surface area contributed by atoms with Crippen molar-refractivity contribution in [2.45, 2.75) is 0 Å². The van der Waals surface area contributed by atoms with Crippen LogP contribution in [0.2, 0.25) is 0 Å². The van der Waals surface area contributed by atoms with Gasteiger partial charge in [-0.1, -0.05) is 140 Å². The first-order valence-corrected chi connectivity index (χ1v) is 15.8. The Kier molecular flexibility index (Phi) is 6.43. The summed E-state index contributed by atoms with van der Waals surface area (Å²) in [5.74, 6) is 0.703. The van der Waals surface area contributed by atoms with Gasteiger partial charge in [-0.15, -0.1) is 0 Å². The number of hydrogen-bond acceptors (Lipinski definition) is 3. The standard InChI is InChI=1S/C43H28N4/c1-4-15-29(16-5-1)37-28-38(46-43(45-37)31-19-8-3-9-20-31)32-21-14-22-33(27-32)47-39-26-13-11-24-35(39)40-41(30-17-6-2-7-18-30)44-36-25-12-10-23-34(36)42(40)47/h1-28H. The SMILES string of the molecule is c1ccc(-c2cc(-c3cccc(-n4c5ccccc5c5c(-c6ccccc6)nc6ccccc6c54)c3)nc(-c3ccccc3)n2)cc1. The molecule has 0 amide bonds. The van der Waals surface area contributed by atoms with E-state index in [1.807, 2.05) is 36.4 Å². The van der Waals surface area contributed by atoms with Crippen LogP contribution in [0.25, 0.3) is 83.6 Å². The molecule has 0 bridgehead atoms. The van der Waals surface area contributed by atoms with Crippen LogP contribution >= 0.6 is 0 Å². The second-order valence-electron chi connectivity index (χ2n) is 11.7. The van der Waals surface area contributed by atoms with Crippen molar-refractivity contribution < 1.29 is 0 Å². The number of para-hydroxylation sites is 2. The molecule has 3 aromatic heterocycles. The Morgan fingerprint density at radius 2 is 0.979 bits per heavy atom. The molecule has 4 nitrogen and oxygen atoms in total. The van der Waals surface area contributed by atoms with E-state index in [0.717, 1.165) is 72.3 Å². The monoisotopic (exact) mass is 600 g/mol. The zero-order valence-corrected chi connectivity index (χ0v) is 25.5. The molecule has 0 spiro atoms. The fourth-order valence-electron chi connectivity index (χ4n) is 6.63. The average molecular weight is 601 g/mol. The van der Waals surface area contributed by atoms with Crippen molar-refractivity contribution in [3.63, 3.8) is 0 Å². The number of aromatic nitrogens is 4. The van der Waals surface area contributed by atoms with Crippen LogP contribution in [-0.4, -0.2) is 19.5 Å². The zero-order chi connectivity index (χ0) is 31.2. The molecule has 0 radical (unpaired) electrons. The molecule has 0 N–H and O–H groups in total. The third-order valence-electron chi connectivity index (χ3n) is 8.78. The lowest BCUT2D eigenvalue weighted by molar-refractivity contribution is 1.17. The van der Waals surface area contributed by atoms with Crippen molar-refractivity contribution in [2.75, 3.05) is 0 Å². The topological polar surface area (TPSA) is 43.6 Å². The Morgan fingerprint density at radius 3 is 1.72 bits per heavy atom. The number of fused-ring (bicyclic) bond motifs is 5. The summed E-state index contributed by atoms with van der Waals surface area (Å²) in [6.45, 7) is 0. The Bertz CT molecular complexity index is 2500. The molecule has 0 atom stereocenters. The summed E-state index contributed by atoms with van der Waals surface area (Å²) >= 11 is 0. The molecule has 3 heterocycles. The summed E-state index contributed by atoms with van der Waals surface area (Å²) < 4.78 is 2.39. The maximum atomic E-state index is 5.24. The molecule has 47 heavy (non-hydrogen) atoms. The minimum Gasteiger partial charge on any atom is -0.308 e. The molecule has 9 aromatic rings. The van der Waals surface area contributed by atoms with E-state index in [1.54, 1.807) is 0 Å². The highest BCUT2D eigenvalue weighted by Crippen LogP contribution is 2.41. The second-order valence-corrected chi connectivity index (χ2v) is 11.7. The summed E-state index contributed by atoms with van der Waals surface area (Å²) in [7, 11) is 0. The van der Waals surface area contributed by atoms with Gasteiger partial charge in [-0.05, 0) is 30.3 Å². The lowest BCUT2D eigenvalue weighted by atomic mass is 10.0. The van der Waals surface area contributed by atoms with Crippen LogP contribution in [0.3, 0.4) is 0 Å². The van der Waals surface area contributed by atoms with E-state index >= 15 is 0 Å². The Morgan fingerprint density at radius 1 is 0.404 bits per heavy atom. The second kappa shape index (κ2) is 11.2. The van der Waals surface area contributed by atoms with Crippen LogP contribution in [0.4, 0.5) is 0 Å². The lowest BCUT2D eigenvalue weighted by Crippen LogP contribution is -1.98. The van der Waals surface area contributed by atoms with Gasteiger partial charge in [0, 0.05) is 44.1 Å². The first-order chi connectivity index (χ1) is 23.3. The molecular formula is C43H28N4. The van der Waals surface area contributed by atoms with E-state index in [2.05, 4.69) is 138 Å². The van der Waals surface area contributed by atoms with Gasteiger partial charge >= 0.3 is 0 Å². The van der Waals surface area contributed by atoms with Crippen molar-refractivity contribution in [1.29, 1.82) is 0 Å².